The van der Waals surface area contributed by atoms with E-state index in [0.717, 1.165) is 31.1 Å². The zero-order valence-electron chi connectivity index (χ0n) is 15.2. The Morgan fingerprint density at radius 3 is 2.64 bits per heavy atom. The zero-order chi connectivity index (χ0) is 19.3. The van der Waals surface area contributed by atoms with Gasteiger partial charge in [-0.25, -0.2) is 13.8 Å². The highest BCUT2D eigenvalue weighted by Gasteiger charge is 2.16. The summed E-state index contributed by atoms with van der Waals surface area (Å²) in [7, 11) is 0. The van der Waals surface area contributed by atoms with Crippen molar-refractivity contribution in [3.63, 3.8) is 0 Å². The number of anilines is 3. The molecule has 3 aromatic rings. The van der Waals surface area contributed by atoms with Crippen molar-refractivity contribution in [2.45, 2.75) is 18.9 Å². The van der Waals surface area contributed by atoms with Crippen LogP contribution in [0.1, 0.15) is 12.8 Å². The molecule has 0 amide bonds. The molecule has 0 spiro atoms. The summed E-state index contributed by atoms with van der Waals surface area (Å²) in [6, 6.07) is 14.7. The summed E-state index contributed by atoms with van der Waals surface area (Å²) in [5.74, 6) is -0.487. The normalized spacial score (nSPS) is 16.1. The van der Waals surface area contributed by atoms with Gasteiger partial charge in [-0.2, -0.15) is 4.98 Å². The van der Waals surface area contributed by atoms with Crippen molar-refractivity contribution < 1.29 is 13.5 Å². The molecular weight excluding hydrogens is 362 g/mol. The van der Waals surface area contributed by atoms with E-state index in [2.05, 4.69) is 20.6 Å². The van der Waals surface area contributed by atoms with Crippen LogP contribution in [-0.2, 0) is 4.74 Å². The Hall–Kier alpha value is -3.06. The molecule has 144 valence electrons. The lowest BCUT2D eigenvalue weighted by Crippen LogP contribution is -2.20. The van der Waals surface area contributed by atoms with Crippen molar-refractivity contribution in [3.05, 3.63) is 66.2 Å². The number of halogens is 2. The molecule has 0 aliphatic carbocycles. The molecule has 1 aliphatic heterocycles. The van der Waals surface area contributed by atoms with E-state index in [-0.39, 0.29) is 11.8 Å². The highest BCUT2D eigenvalue weighted by Crippen LogP contribution is 2.25. The Morgan fingerprint density at radius 1 is 1.04 bits per heavy atom. The summed E-state index contributed by atoms with van der Waals surface area (Å²) in [4.78, 5) is 9.00. The van der Waals surface area contributed by atoms with Crippen LogP contribution in [0.15, 0.2) is 54.6 Å². The van der Waals surface area contributed by atoms with Crippen LogP contribution < -0.4 is 10.6 Å². The third-order valence-electron chi connectivity index (χ3n) is 4.50. The molecule has 1 saturated heterocycles. The number of rotatable bonds is 6. The second-order valence-corrected chi connectivity index (χ2v) is 6.59. The molecule has 28 heavy (non-hydrogen) atoms. The van der Waals surface area contributed by atoms with Crippen LogP contribution in [0.3, 0.4) is 0 Å². The highest BCUT2D eigenvalue weighted by atomic mass is 19.1. The number of hydrogen-bond acceptors (Lipinski definition) is 5. The molecule has 2 heterocycles. The third kappa shape index (κ3) is 4.43. The number of hydrogen-bond donors (Lipinski definition) is 2. The summed E-state index contributed by atoms with van der Waals surface area (Å²) in [5, 5.41) is 6.12. The van der Waals surface area contributed by atoms with Gasteiger partial charge in [0, 0.05) is 30.8 Å². The lowest BCUT2D eigenvalue weighted by atomic mass is 10.1. The summed E-state index contributed by atoms with van der Waals surface area (Å²) >= 11 is 0. The second kappa shape index (κ2) is 8.31. The van der Waals surface area contributed by atoms with Gasteiger partial charge in [-0.15, -0.1) is 0 Å². The van der Waals surface area contributed by atoms with Crippen LogP contribution in [-0.4, -0.2) is 29.2 Å². The summed E-state index contributed by atoms with van der Waals surface area (Å²) in [5.41, 5.74) is 1.74. The minimum atomic E-state index is -0.686. The molecule has 2 aromatic carbocycles. The zero-order valence-corrected chi connectivity index (χ0v) is 15.2. The molecule has 4 rings (SSSR count). The fourth-order valence-electron chi connectivity index (χ4n) is 3.09. The first kappa shape index (κ1) is 18.3. The van der Waals surface area contributed by atoms with Crippen molar-refractivity contribution in [3.8, 4) is 11.3 Å². The van der Waals surface area contributed by atoms with Crippen LogP contribution in [0.2, 0.25) is 0 Å². The average Bonchev–Trinajstić information content (AvgIpc) is 3.23. The van der Waals surface area contributed by atoms with E-state index in [4.69, 9.17) is 4.74 Å². The Balaban J connectivity index is 1.62. The molecular formula is C21H20F2N4O. The van der Waals surface area contributed by atoms with Gasteiger partial charge < -0.3 is 15.4 Å². The number of aromatic nitrogens is 2. The standard InChI is InChI=1S/C21H20F2N4O/c22-15-8-9-18(17(23)11-15)25-20-12-19(14-5-2-1-3-6-14)26-21(27-20)24-13-16-7-4-10-28-16/h1-3,5-6,8-9,11-12,16H,4,7,10,13H2,(H2,24,25,26,27). The van der Waals surface area contributed by atoms with E-state index < -0.39 is 11.6 Å². The van der Waals surface area contributed by atoms with E-state index in [1.54, 1.807) is 6.07 Å². The number of benzene rings is 2. The van der Waals surface area contributed by atoms with Crippen molar-refractivity contribution in [1.29, 1.82) is 0 Å². The molecule has 0 radical (unpaired) electrons. The number of nitrogens with zero attached hydrogens (tertiary/aromatic N) is 2. The summed E-state index contributed by atoms with van der Waals surface area (Å²) < 4.78 is 32.8. The van der Waals surface area contributed by atoms with Crippen LogP contribution in [0.5, 0.6) is 0 Å². The van der Waals surface area contributed by atoms with Gasteiger partial charge in [0.05, 0.1) is 17.5 Å². The SMILES string of the molecule is Fc1ccc(Nc2cc(-c3ccccc3)nc(NCC3CCCO3)n2)c(F)c1. The summed E-state index contributed by atoms with van der Waals surface area (Å²) in [6.07, 6.45) is 2.18. The van der Waals surface area contributed by atoms with Crippen LogP contribution in [0, 0.1) is 11.6 Å². The number of nitrogens with one attached hydrogen (secondary N) is 2. The quantitative estimate of drug-likeness (QED) is 0.644. The van der Waals surface area contributed by atoms with Gasteiger partial charge in [0.2, 0.25) is 5.95 Å². The Kier molecular flexibility index (Phi) is 5.43. The van der Waals surface area contributed by atoms with Crippen LogP contribution >= 0.6 is 0 Å². The minimum Gasteiger partial charge on any atom is -0.376 e. The van der Waals surface area contributed by atoms with E-state index in [1.165, 1.54) is 12.1 Å². The van der Waals surface area contributed by atoms with Gasteiger partial charge in [0.15, 0.2) is 0 Å². The lowest BCUT2D eigenvalue weighted by molar-refractivity contribution is 0.120. The maximum absolute atomic E-state index is 14.0. The molecule has 0 bridgehead atoms. The third-order valence-corrected chi connectivity index (χ3v) is 4.50. The highest BCUT2D eigenvalue weighted by molar-refractivity contribution is 5.67. The van der Waals surface area contributed by atoms with Gasteiger partial charge in [-0.3, -0.25) is 0 Å². The van der Waals surface area contributed by atoms with Gasteiger partial charge in [0.1, 0.15) is 17.5 Å². The van der Waals surface area contributed by atoms with Crippen molar-refractivity contribution in [2.75, 3.05) is 23.8 Å². The Bertz CT molecular complexity index is 946. The smallest absolute Gasteiger partial charge is 0.225 e. The molecule has 0 saturated carbocycles. The topological polar surface area (TPSA) is 59.1 Å². The van der Waals surface area contributed by atoms with Gasteiger partial charge >= 0.3 is 0 Å². The molecule has 1 aliphatic rings. The summed E-state index contributed by atoms with van der Waals surface area (Å²) in [6.45, 7) is 1.37. The first-order chi connectivity index (χ1) is 13.7. The van der Waals surface area contributed by atoms with Crippen LogP contribution in [0.4, 0.5) is 26.2 Å². The molecule has 1 aromatic heterocycles. The average molecular weight is 382 g/mol. The molecule has 1 unspecified atom stereocenters. The minimum absolute atomic E-state index is 0.134. The predicted octanol–water partition coefficient (Wildman–Crippen LogP) is 4.76. The molecule has 7 heteroatoms. The monoisotopic (exact) mass is 382 g/mol. The van der Waals surface area contributed by atoms with Gasteiger partial charge in [-0.05, 0) is 25.0 Å². The van der Waals surface area contributed by atoms with Gasteiger partial charge in [-0.1, -0.05) is 30.3 Å². The second-order valence-electron chi connectivity index (χ2n) is 6.59. The van der Waals surface area contributed by atoms with Crippen LogP contribution in [0.25, 0.3) is 11.3 Å². The predicted molar refractivity (Wildman–Crippen MR) is 105 cm³/mol. The van der Waals surface area contributed by atoms with Crippen molar-refractivity contribution in [1.82, 2.24) is 9.97 Å². The number of ether oxygens (including phenoxy) is 1. The fourth-order valence-corrected chi connectivity index (χ4v) is 3.09. The Labute approximate surface area is 161 Å². The largest absolute Gasteiger partial charge is 0.376 e. The Morgan fingerprint density at radius 2 is 1.89 bits per heavy atom. The molecule has 1 atom stereocenters. The van der Waals surface area contributed by atoms with E-state index in [0.29, 0.717) is 24.0 Å². The molecule has 5 nitrogen and oxygen atoms in total. The van der Waals surface area contributed by atoms with Crippen molar-refractivity contribution >= 4 is 17.5 Å². The maximum atomic E-state index is 14.0. The maximum Gasteiger partial charge on any atom is 0.225 e. The molecule has 1 fully saturated rings. The first-order valence-electron chi connectivity index (χ1n) is 9.19. The first-order valence-corrected chi connectivity index (χ1v) is 9.19. The van der Waals surface area contributed by atoms with Gasteiger partial charge in [0.25, 0.3) is 0 Å². The fraction of sp³-hybridized carbons (Fsp3) is 0.238. The van der Waals surface area contributed by atoms with E-state index in [1.807, 2.05) is 30.3 Å². The van der Waals surface area contributed by atoms with E-state index in [9.17, 15) is 8.78 Å². The lowest BCUT2D eigenvalue weighted by Gasteiger charge is -2.14. The van der Waals surface area contributed by atoms with Crippen molar-refractivity contribution in [2.24, 2.45) is 0 Å². The molecule has 2 N–H and O–H groups in total. The van der Waals surface area contributed by atoms with E-state index >= 15 is 0 Å².